The van der Waals surface area contributed by atoms with Gasteiger partial charge in [0, 0.05) is 30.7 Å². The third-order valence-electron chi connectivity index (χ3n) is 8.52. The van der Waals surface area contributed by atoms with Gasteiger partial charge in [-0.15, -0.1) is 0 Å². The Morgan fingerprint density at radius 3 is 2.45 bits per heavy atom. The van der Waals surface area contributed by atoms with Crippen molar-refractivity contribution in [2.45, 2.75) is 109 Å². The normalized spacial score (nSPS) is 21.2. The number of nitrogens with one attached hydrogen (secondary N) is 2. The summed E-state index contributed by atoms with van der Waals surface area (Å²) in [6.07, 6.45) is 2.27. The van der Waals surface area contributed by atoms with Gasteiger partial charge >= 0.3 is 12.2 Å². The lowest BCUT2D eigenvalue weighted by molar-refractivity contribution is -0.318. The molecule has 0 bridgehead atoms. The van der Waals surface area contributed by atoms with Gasteiger partial charge in [-0.3, -0.25) is 0 Å². The second-order valence-corrected chi connectivity index (χ2v) is 11.8. The van der Waals surface area contributed by atoms with Crippen molar-refractivity contribution in [3.8, 4) is 5.75 Å². The van der Waals surface area contributed by atoms with E-state index in [4.69, 9.17) is 14.2 Å². The lowest BCUT2D eigenvalue weighted by atomic mass is 9.80. The SMILES string of the molecule is CCCc1cc2c(c(CCC)c1OCCCCNC(=O)NC(C)(COC)C1C=CC(CC)=CC1)COC2(C(F)F)C(F)(F)F. The number of methoxy groups -OCH3 is 1. The predicted octanol–water partition coefficient (Wildman–Crippen LogP) is 7.92. The van der Waals surface area contributed by atoms with Crippen LogP contribution >= 0.6 is 0 Å². The first-order chi connectivity index (χ1) is 20.9. The third kappa shape index (κ3) is 7.76. The van der Waals surface area contributed by atoms with Crippen molar-refractivity contribution in [1.82, 2.24) is 10.6 Å². The van der Waals surface area contributed by atoms with Crippen molar-refractivity contribution in [2.24, 2.45) is 5.92 Å². The fourth-order valence-electron chi connectivity index (χ4n) is 6.11. The van der Waals surface area contributed by atoms with Crippen LogP contribution in [0.15, 0.2) is 29.9 Å². The standard InChI is InChI=1S/C33H47F5N2O4/c1-6-11-23-19-27-26(20-44-32(27,29(34)35)33(36,37)38)25(12-7-2)28(23)43-18-10-9-17-39-30(41)40-31(4,21-42-5)24-15-13-22(8-3)14-16-24/h13-15,19,24,29H,6-12,16-18,20-21H2,1-5H3,(H2,39,40,41). The zero-order valence-electron chi connectivity index (χ0n) is 26.5. The van der Waals surface area contributed by atoms with Gasteiger partial charge in [0.15, 0.2) is 0 Å². The van der Waals surface area contributed by atoms with Crippen LogP contribution in [-0.2, 0) is 34.5 Å². The molecule has 0 spiro atoms. The molecule has 0 saturated carbocycles. The Morgan fingerprint density at radius 2 is 1.89 bits per heavy atom. The predicted molar refractivity (Wildman–Crippen MR) is 160 cm³/mol. The minimum atomic E-state index is -5.27. The van der Waals surface area contributed by atoms with Gasteiger partial charge in [-0.2, -0.15) is 13.2 Å². The van der Waals surface area contributed by atoms with Crippen molar-refractivity contribution in [1.29, 1.82) is 0 Å². The molecule has 1 aromatic rings. The Kier molecular flexibility index (Phi) is 12.7. The number of carbonyl (C=O) groups excluding carboxylic acids is 1. The number of unbranched alkanes of at least 4 members (excludes halogenated alkanes) is 1. The minimum absolute atomic E-state index is 0.0891. The number of carbonyl (C=O) groups is 1. The van der Waals surface area contributed by atoms with Crippen molar-refractivity contribution in [2.75, 3.05) is 26.9 Å². The Hall–Kier alpha value is -2.66. The third-order valence-corrected chi connectivity index (χ3v) is 8.52. The molecule has 1 heterocycles. The van der Waals surface area contributed by atoms with E-state index in [9.17, 15) is 26.7 Å². The molecule has 11 heteroatoms. The molecule has 1 aliphatic carbocycles. The quantitative estimate of drug-likeness (QED) is 0.144. The molecule has 44 heavy (non-hydrogen) atoms. The highest BCUT2D eigenvalue weighted by atomic mass is 19.4. The Labute approximate surface area is 257 Å². The monoisotopic (exact) mass is 630 g/mol. The van der Waals surface area contributed by atoms with Crippen LogP contribution in [-0.4, -0.2) is 51.0 Å². The van der Waals surface area contributed by atoms with Gasteiger partial charge in [-0.1, -0.05) is 57.4 Å². The van der Waals surface area contributed by atoms with Gasteiger partial charge in [0.05, 0.1) is 25.4 Å². The number of fused-ring (bicyclic) bond motifs is 1. The smallest absolute Gasteiger partial charge is 0.427 e. The summed E-state index contributed by atoms with van der Waals surface area (Å²) in [4.78, 5) is 12.8. The van der Waals surface area contributed by atoms with Gasteiger partial charge in [-0.05, 0) is 62.6 Å². The molecular formula is C33H47F5N2O4. The van der Waals surface area contributed by atoms with Crippen LogP contribution in [0.4, 0.5) is 26.7 Å². The van der Waals surface area contributed by atoms with E-state index in [0.717, 1.165) is 12.8 Å². The molecule has 6 nitrogen and oxygen atoms in total. The fraction of sp³-hybridized carbons (Fsp3) is 0.667. The molecule has 2 aliphatic rings. The zero-order chi connectivity index (χ0) is 32.5. The summed E-state index contributed by atoms with van der Waals surface area (Å²) in [5, 5.41) is 5.96. The van der Waals surface area contributed by atoms with Gasteiger partial charge < -0.3 is 24.8 Å². The summed E-state index contributed by atoms with van der Waals surface area (Å²) in [6.45, 7) is 8.27. The van der Waals surface area contributed by atoms with Gasteiger partial charge in [0.25, 0.3) is 12.0 Å². The highest BCUT2D eigenvalue weighted by Gasteiger charge is 2.67. The number of hydrogen-bond donors (Lipinski definition) is 2. The number of rotatable bonds is 16. The highest BCUT2D eigenvalue weighted by molar-refractivity contribution is 5.74. The Bertz CT molecular complexity index is 1190. The van der Waals surface area contributed by atoms with E-state index in [2.05, 4.69) is 35.8 Å². The number of alkyl halides is 5. The average Bonchev–Trinajstić information content (AvgIpc) is 3.37. The molecule has 248 valence electrons. The summed E-state index contributed by atoms with van der Waals surface area (Å²) in [6, 6.07) is 0.911. The Balaban J connectivity index is 1.63. The van der Waals surface area contributed by atoms with Crippen LogP contribution in [0.3, 0.4) is 0 Å². The number of amides is 2. The maximum Gasteiger partial charge on any atom is 0.427 e. The maximum absolute atomic E-state index is 14.0. The van der Waals surface area contributed by atoms with Gasteiger partial charge in [-0.25, -0.2) is 13.6 Å². The van der Waals surface area contributed by atoms with Crippen LogP contribution in [0.1, 0.15) is 88.5 Å². The van der Waals surface area contributed by atoms with E-state index in [1.165, 1.54) is 11.6 Å². The number of benzene rings is 1. The number of hydrogen-bond acceptors (Lipinski definition) is 4. The minimum Gasteiger partial charge on any atom is -0.493 e. The summed E-state index contributed by atoms with van der Waals surface area (Å²) in [7, 11) is 1.61. The second kappa shape index (κ2) is 15.6. The van der Waals surface area contributed by atoms with Crippen LogP contribution in [0.25, 0.3) is 0 Å². The first kappa shape index (κ1) is 35.8. The topological polar surface area (TPSA) is 68.8 Å². The molecule has 3 unspecified atom stereocenters. The van der Waals surface area contributed by atoms with Crippen LogP contribution in [0.2, 0.25) is 0 Å². The first-order valence-corrected chi connectivity index (χ1v) is 15.6. The molecular weight excluding hydrogens is 583 g/mol. The average molecular weight is 631 g/mol. The lowest BCUT2D eigenvalue weighted by Gasteiger charge is -2.37. The Morgan fingerprint density at radius 1 is 1.16 bits per heavy atom. The zero-order valence-corrected chi connectivity index (χ0v) is 26.5. The molecule has 3 atom stereocenters. The molecule has 0 saturated heterocycles. The van der Waals surface area contributed by atoms with Gasteiger partial charge in [0.2, 0.25) is 0 Å². The van der Waals surface area contributed by atoms with Gasteiger partial charge in [0.1, 0.15) is 5.75 Å². The first-order valence-electron chi connectivity index (χ1n) is 15.6. The number of urea groups is 1. The van der Waals surface area contributed by atoms with Crippen molar-refractivity contribution in [3.63, 3.8) is 0 Å². The molecule has 0 aromatic heterocycles. The van der Waals surface area contributed by atoms with Crippen molar-refractivity contribution in [3.05, 3.63) is 52.1 Å². The van der Waals surface area contributed by atoms with E-state index in [1.807, 2.05) is 20.8 Å². The van der Waals surface area contributed by atoms with E-state index in [0.29, 0.717) is 68.6 Å². The number of halogens is 5. The number of ether oxygens (including phenoxy) is 3. The van der Waals surface area contributed by atoms with E-state index < -0.39 is 35.9 Å². The maximum atomic E-state index is 14.0. The molecule has 1 aliphatic heterocycles. The highest BCUT2D eigenvalue weighted by Crippen LogP contribution is 2.54. The largest absolute Gasteiger partial charge is 0.493 e. The fourth-order valence-corrected chi connectivity index (χ4v) is 6.11. The van der Waals surface area contributed by atoms with Crippen LogP contribution in [0, 0.1) is 5.92 Å². The summed E-state index contributed by atoms with van der Waals surface area (Å²) in [5.74, 6) is 0.552. The summed E-state index contributed by atoms with van der Waals surface area (Å²) >= 11 is 0. The van der Waals surface area contributed by atoms with E-state index in [1.54, 1.807) is 7.11 Å². The lowest BCUT2D eigenvalue weighted by Crippen LogP contribution is -2.57. The molecule has 3 rings (SSSR count). The van der Waals surface area contributed by atoms with E-state index in [-0.39, 0.29) is 24.1 Å². The van der Waals surface area contributed by atoms with Crippen LogP contribution in [0.5, 0.6) is 5.75 Å². The van der Waals surface area contributed by atoms with E-state index >= 15 is 0 Å². The molecule has 0 radical (unpaired) electrons. The number of allylic oxidation sites excluding steroid dienone is 3. The summed E-state index contributed by atoms with van der Waals surface area (Å²) < 4.78 is 86.6. The number of aryl methyl sites for hydroxylation is 1. The van der Waals surface area contributed by atoms with Crippen molar-refractivity contribution < 1.29 is 41.0 Å². The molecule has 2 amide bonds. The molecule has 2 N–H and O–H groups in total. The molecule has 0 fully saturated rings. The van der Waals surface area contributed by atoms with Crippen LogP contribution < -0.4 is 15.4 Å². The second-order valence-electron chi connectivity index (χ2n) is 11.8. The molecule has 1 aromatic carbocycles. The van der Waals surface area contributed by atoms with Crippen molar-refractivity contribution >= 4 is 6.03 Å². The summed E-state index contributed by atoms with van der Waals surface area (Å²) in [5.41, 5.74) is -2.33.